The first-order valence-electron chi connectivity index (χ1n) is 7.29. The van der Waals surface area contributed by atoms with Gasteiger partial charge < -0.3 is 10.1 Å². The maximum atomic E-state index is 11.5. The number of hydrogen-bond acceptors (Lipinski definition) is 3. The van der Waals surface area contributed by atoms with Gasteiger partial charge in [0.1, 0.15) is 6.10 Å². The molecular weight excluding hydrogens is 240 g/mol. The Balaban J connectivity index is 2.30. The Bertz CT molecular complexity index is 326. The van der Waals surface area contributed by atoms with Crippen molar-refractivity contribution in [1.82, 2.24) is 10.2 Å². The number of unbranched alkanes of at least 4 members (excludes halogenated alkanes) is 1. The number of carbonyl (C=O) groups excluding carboxylic acids is 1. The van der Waals surface area contributed by atoms with E-state index in [9.17, 15) is 4.79 Å². The van der Waals surface area contributed by atoms with Crippen LogP contribution < -0.4 is 5.32 Å². The Kier molecular flexibility index (Phi) is 6.17. The molecule has 0 spiro atoms. The van der Waals surface area contributed by atoms with Crippen LogP contribution in [0.25, 0.3) is 0 Å². The van der Waals surface area contributed by atoms with Crippen LogP contribution in [0.4, 0.5) is 4.79 Å². The minimum absolute atomic E-state index is 0.0209. The quantitative estimate of drug-likeness (QED) is 0.568. The minimum Gasteiger partial charge on any atom is -0.444 e. The Labute approximate surface area is 116 Å². The van der Waals surface area contributed by atoms with Crippen LogP contribution in [-0.4, -0.2) is 42.3 Å². The summed E-state index contributed by atoms with van der Waals surface area (Å²) in [6.07, 6.45) is 9.23. The molecule has 1 aliphatic rings. The third-order valence-electron chi connectivity index (χ3n) is 3.97. The zero-order chi connectivity index (χ0) is 14.3. The molecule has 1 saturated heterocycles. The molecule has 0 aliphatic carbocycles. The number of rotatable bonds is 7. The summed E-state index contributed by atoms with van der Waals surface area (Å²) in [7, 11) is 0. The van der Waals surface area contributed by atoms with E-state index < -0.39 is 0 Å². The fraction of sp³-hybridized carbons (Fsp3) is 0.800. The highest BCUT2D eigenvalue weighted by molar-refractivity contribution is 5.67. The van der Waals surface area contributed by atoms with Crippen molar-refractivity contribution in [2.45, 2.75) is 58.1 Å². The molecule has 1 amide bonds. The van der Waals surface area contributed by atoms with Crippen molar-refractivity contribution in [2.75, 3.05) is 19.6 Å². The van der Waals surface area contributed by atoms with Crippen molar-refractivity contribution in [3.05, 3.63) is 0 Å². The maximum absolute atomic E-state index is 11.5. The second-order valence-corrected chi connectivity index (χ2v) is 5.10. The standard InChI is InChI=1S/C15H26N2O2/c1-5-9-10-16-14(18)19-13-11-17(12-13)15(6-2,7-3)8-4/h2,13H,5,7-12H2,1,3-4H3,(H,16,18). The number of terminal acetylenes is 1. The molecule has 0 aromatic rings. The van der Waals surface area contributed by atoms with Crippen molar-refractivity contribution >= 4 is 6.09 Å². The summed E-state index contributed by atoms with van der Waals surface area (Å²) < 4.78 is 5.33. The molecule has 1 aliphatic heterocycles. The van der Waals surface area contributed by atoms with Crippen LogP contribution in [0.1, 0.15) is 46.5 Å². The molecule has 1 N–H and O–H groups in total. The highest BCUT2D eigenvalue weighted by atomic mass is 16.6. The molecule has 0 aromatic carbocycles. The molecule has 1 rings (SSSR count). The van der Waals surface area contributed by atoms with E-state index in [2.05, 4.69) is 36.9 Å². The van der Waals surface area contributed by atoms with Crippen LogP contribution in [-0.2, 0) is 4.74 Å². The zero-order valence-corrected chi connectivity index (χ0v) is 12.4. The molecular formula is C15H26N2O2. The van der Waals surface area contributed by atoms with E-state index in [1.807, 2.05) is 0 Å². The number of ether oxygens (including phenoxy) is 1. The highest BCUT2D eigenvalue weighted by Crippen LogP contribution is 2.29. The van der Waals surface area contributed by atoms with E-state index >= 15 is 0 Å². The van der Waals surface area contributed by atoms with Crippen LogP contribution in [0.15, 0.2) is 0 Å². The summed E-state index contributed by atoms with van der Waals surface area (Å²) in [5.41, 5.74) is -0.168. The molecule has 4 heteroatoms. The van der Waals surface area contributed by atoms with Crippen LogP contribution in [0, 0.1) is 12.3 Å². The van der Waals surface area contributed by atoms with Gasteiger partial charge in [-0.05, 0) is 19.3 Å². The summed E-state index contributed by atoms with van der Waals surface area (Å²) in [6.45, 7) is 8.47. The summed E-state index contributed by atoms with van der Waals surface area (Å²) in [5, 5.41) is 2.76. The lowest BCUT2D eigenvalue weighted by Gasteiger charge is -2.48. The fourth-order valence-electron chi connectivity index (χ4n) is 2.42. The third kappa shape index (κ3) is 3.87. The number of nitrogens with one attached hydrogen (secondary N) is 1. The van der Waals surface area contributed by atoms with Gasteiger partial charge in [0.25, 0.3) is 0 Å². The van der Waals surface area contributed by atoms with Crippen LogP contribution in [0.2, 0.25) is 0 Å². The maximum Gasteiger partial charge on any atom is 0.407 e. The van der Waals surface area contributed by atoms with Crippen molar-refractivity contribution in [1.29, 1.82) is 0 Å². The number of amides is 1. The molecule has 0 bridgehead atoms. The van der Waals surface area contributed by atoms with Gasteiger partial charge in [0.2, 0.25) is 0 Å². The Morgan fingerprint density at radius 3 is 2.53 bits per heavy atom. The van der Waals surface area contributed by atoms with E-state index in [0.29, 0.717) is 6.54 Å². The van der Waals surface area contributed by atoms with E-state index in [1.165, 1.54) is 0 Å². The monoisotopic (exact) mass is 266 g/mol. The average molecular weight is 266 g/mol. The van der Waals surface area contributed by atoms with Gasteiger partial charge in [-0.3, -0.25) is 4.90 Å². The van der Waals surface area contributed by atoms with Crippen LogP contribution in [0.3, 0.4) is 0 Å². The van der Waals surface area contributed by atoms with Gasteiger partial charge in [-0.25, -0.2) is 4.79 Å². The number of hydrogen-bond donors (Lipinski definition) is 1. The summed E-state index contributed by atoms with van der Waals surface area (Å²) in [5.74, 6) is 2.90. The molecule has 0 atom stereocenters. The zero-order valence-electron chi connectivity index (χ0n) is 12.4. The molecule has 108 valence electrons. The van der Waals surface area contributed by atoms with Crippen LogP contribution >= 0.6 is 0 Å². The second-order valence-electron chi connectivity index (χ2n) is 5.10. The predicted octanol–water partition coefficient (Wildman–Crippen LogP) is 2.39. The molecule has 0 saturated carbocycles. The molecule has 19 heavy (non-hydrogen) atoms. The molecule has 0 aromatic heterocycles. The number of nitrogens with zero attached hydrogens (tertiary/aromatic N) is 1. The predicted molar refractivity (Wildman–Crippen MR) is 76.9 cm³/mol. The van der Waals surface area contributed by atoms with E-state index in [0.717, 1.165) is 38.8 Å². The fourth-order valence-corrected chi connectivity index (χ4v) is 2.42. The molecule has 1 heterocycles. The SMILES string of the molecule is C#CC(CC)(CC)N1CC(OC(=O)NCCCC)C1. The summed E-state index contributed by atoms with van der Waals surface area (Å²) >= 11 is 0. The van der Waals surface area contributed by atoms with Gasteiger partial charge in [0.05, 0.1) is 5.54 Å². The summed E-state index contributed by atoms with van der Waals surface area (Å²) in [6, 6.07) is 0. The topological polar surface area (TPSA) is 41.6 Å². The van der Waals surface area contributed by atoms with Crippen LogP contribution in [0.5, 0.6) is 0 Å². The van der Waals surface area contributed by atoms with Crippen molar-refractivity contribution in [3.8, 4) is 12.3 Å². The van der Waals surface area contributed by atoms with Gasteiger partial charge in [-0.1, -0.05) is 33.1 Å². The highest BCUT2D eigenvalue weighted by Gasteiger charge is 2.41. The number of likely N-dealkylation sites (tertiary alicyclic amines) is 1. The number of alkyl carbamates (subject to hydrolysis) is 1. The van der Waals surface area contributed by atoms with Crippen molar-refractivity contribution < 1.29 is 9.53 Å². The van der Waals surface area contributed by atoms with Crippen molar-refractivity contribution in [2.24, 2.45) is 0 Å². The smallest absolute Gasteiger partial charge is 0.407 e. The molecule has 0 radical (unpaired) electrons. The largest absolute Gasteiger partial charge is 0.444 e. The van der Waals surface area contributed by atoms with Gasteiger partial charge in [-0.15, -0.1) is 6.42 Å². The van der Waals surface area contributed by atoms with E-state index in [1.54, 1.807) is 0 Å². The summed E-state index contributed by atoms with van der Waals surface area (Å²) in [4.78, 5) is 13.7. The lowest BCUT2D eigenvalue weighted by Crippen LogP contribution is -2.62. The van der Waals surface area contributed by atoms with Gasteiger partial charge in [0.15, 0.2) is 0 Å². The van der Waals surface area contributed by atoms with Gasteiger partial charge in [0, 0.05) is 19.6 Å². The van der Waals surface area contributed by atoms with E-state index in [4.69, 9.17) is 11.2 Å². The van der Waals surface area contributed by atoms with Crippen molar-refractivity contribution in [3.63, 3.8) is 0 Å². The first-order valence-corrected chi connectivity index (χ1v) is 7.29. The first kappa shape index (κ1) is 15.8. The lowest BCUT2D eigenvalue weighted by molar-refractivity contribution is -0.0565. The van der Waals surface area contributed by atoms with Gasteiger partial charge in [-0.2, -0.15) is 0 Å². The Hall–Kier alpha value is -1.21. The number of carbonyl (C=O) groups is 1. The first-order chi connectivity index (χ1) is 9.11. The normalized spacial score (nSPS) is 16.5. The molecule has 0 unspecified atom stereocenters. The third-order valence-corrected chi connectivity index (χ3v) is 3.97. The molecule has 1 fully saturated rings. The van der Waals surface area contributed by atoms with Gasteiger partial charge >= 0.3 is 6.09 Å². The second kappa shape index (κ2) is 7.40. The van der Waals surface area contributed by atoms with E-state index in [-0.39, 0.29) is 17.7 Å². The average Bonchev–Trinajstić information content (AvgIpc) is 2.38. The minimum atomic E-state index is -0.308. The lowest BCUT2D eigenvalue weighted by atomic mass is 9.88. The Morgan fingerprint density at radius 2 is 2.05 bits per heavy atom. The Morgan fingerprint density at radius 1 is 1.42 bits per heavy atom. The molecule has 4 nitrogen and oxygen atoms in total.